The first-order chi connectivity index (χ1) is 8.60. The molecule has 0 radical (unpaired) electrons. The summed E-state index contributed by atoms with van der Waals surface area (Å²) in [5, 5.41) is 13.8. The average Bonchev–Trinajstić information content (AvgIpc) is 2.86. The van der Waals surface area contributed by atoms with Crippen LogP contribution in [0.1, 0.15) is 35.2 Å². The van der Waals surface area contributed by atoms with Gasteiger partial charge in [0.15, 0.2) is 5.82 Å². The van der Waals surface area contributed by atoms with Crippen LogP contribution in [-0.4, -0.2) is 25.9 Å². The topological polar surface area (TPSA) is 75.6 Å². The summed E-state index contributed by atoms with van der Waals surface area (Å²) in [5.74, 6) is 0.343. The van der Waals surface area contributed by atoms with Crippen LogP contribution >= 0.6 is 0 Å². The molecule has 0 aliphatic heterocycles. The van der Waals surface area contributed by atoms with E-state index in [0.29, 0.717) is 11.5 Å². The van der Waals surface area contributed by atoms with Crippen molar-refractivity contribution in [2.45, 2.75) is 26.7 Å². The van der Waals surface area contributed by atoms with Crippen LogP contribution in [0.25, 0.3) is 0 Å². The maximum atomic E-state index is 12.0. The molecule has 0 fully saturated rings. The van der Waals surface area contributed by atoms with Crippen LogP contribution in [0.3, 0.4) is 0 Å². The number of nitrogens with one attached hydrogen (secondary N) is 2. The minimum absolute atomic E-state index is 0.201. The van der Waals surface area contributed by atoms with Crippen LogP contribution in [0.4, 0.5) is 5.82 Å². The van der Waals surface area contributed by atoms with Gasteiger partial charge in [-0.3, -0.25) is 14.6 Å². The van der Waals surface area contributed by atoms with Crippen molar-refractivity contribution in [1.82, 2.24) is 20.0 Å². The number of amides is 1. The van der Waals surface area contributed by atoms with Crippen molar-refractivity contribution >= 4 is 11.7 Å². The molecule has 2 N–H and O–H groups in total. The van der Waals surface area contributed by atoms with Crippen LogP contribution in [0.2, 0.25) is 0 Å². The van der Waals surface area contributed by atoms with Crippen LogP contribution < -0.4 is 5.32 Å². The zero-order valence-electron chi connectivity index (χ0n) is 10.8. The van der Waals surface area contributed by atoms with Gasteiger partial charge in [0.2, 0.25) is 0 Å². The fourth-order valence-corrected chi connectivity index (χ4v) is 1.83. The number of aromatic amines is 1. The molecule has 0 atom stereocenters. The Morgan fingerprint density at radius 3 is 2.89 bits per heavy atom. The third-order valence-corrected chi connectivity index (χ3v) is 2.63. The standard InChI is InChI=1S/C12H17N5O/c1-4-5-9-7-11(15-14-9)13-12(18)10-6-8(2)16-17(10)3/h6-7H,4-5H2,1-3H3,(H2,13,14,15,18). The zero-order valence-corrected chi connectivity index (χ0v) is 10.8. The monoisotopic (exact) mass is 247 g/mol. The normalized spacial score (nSPS) is 10.6. The molecular formula is C12H17N5O. The molecular weight excluding hydrogens is 230 g/mol. The lowest BCUT2D eigenvalue weighted by molar-refractivity contribution is 0.101. The summed E-state index contributed by atoms with van der Waals surface area (Å²) in [6, 6.07) is 3.60. The molecule has 2 rings (SSSR count). The van der Waals surface area contributed by atoms with Crippen LogP contribution in [0.5, 0.6) is 0 Å². The number of rotatable bonds is 4. The highest BCUT2D eigenvalue weighted by Crippen LogP contribution is 2.10. The lowest BCUT2D eigenvalue weighted by atomic mass is 10.2. The highest BCUT2D eigenvalue weighted by Gasteiger charge is 2.13. The van der Waals surface area contributed by atoms with Crippen molar-refractivity contribution in [3.05, 3.63) is 29.2 Å². The molecule has 18 heavy (non-hydrogen) atoms. The summed E-state index contributed by atoms with van der Waals surface area (Å²) >= 11 is 0. The van der Waals surface area contributed by atoms with Crippen LogP contribution in [0.15, 0.2) is 12.1 Å². The molecule has 0 aliphatic carbocycles. The van der Waals surface area contributed by atoms with Crippen molar-refractivity contribution < 1.29 is 4.79 Å². The Labute approximate surface area is 105 Å². The number of carbonyl (C=O) groups is 1. The maximum Gasteiger partial charge on any atom is 0.275 e. The molecule has 0 saturated carbocycles. The number of hydrogen-bond acceptors (Lipinski definition) is 3. The maximum absolute atomic E-state index is 12.0. The lowest BCUT2D eigenvalue weighted by Crippen LogP contribution is -2.16. The van der Waals surface area contributed by atoms with Crippen LogP contribution in [0, 0.1) is 6.92 Å². The van der Waals surface area contributed by atoms with Gasteiger partial charge in [-0.2, -0.15) is 10.2 Å². The molecule has 0 aromatic carbocycles. The van der Waals surface area contributed by atoms with E-state index < -0.39 is 0 Å². The first kappa shape index (κ1) is 12.3. The number of aromatic nitrogens is 4. The number of carbonyl (C=O) groups excluding carboxylic acids is 1. The van der Waals surface area contributed by atoms with E-state index in [1.165, 1.54) is 0 Å². The van der Waals surface area contributed by atoms with E-state index in [-0.39, 0.29) is 5.91 Å². The summed E-state index contributed by atoms with van der Waals surface area (Å²) in [6.07, 6.45) is 1.96. The summed E-state index contributed by atoms with van der Waals surface area (Å²) in [7, 11) is 1.75. The highest BCUT2D eigenvalue weighted by molar-refractivity contribution is 6.02. The van der Waals surface area contributed by atoms with Gasteiger partial charge in [0, 0.05) is 18.8 Å². The van der Waals surface area contributed by atoms with E-state index in [4.69, 9.17) is 0 Å². The number of aryl methyl sites for hydroxylation is 3. The van der Waals surface area contributed by atoms with E-state index in [0.717, 1.165) is 24.2 Å². The molecule has 0 aliphatic rings. The predicted molar refractivity (Wildman–Crippen MR) is 68.5 cm³/mol. The molecule has 0 unspecified atom stereocenters. The second-order valence-corrected chi connectivity index (χ2v) is 4.28. The lowest BCUT2D eigenvalue weighted by Gasteiger charge is -2.01. The molecule has 2 aromatic rings. The fourth-order valence-electron chi connectivity index (χ4n) is 1.83. The van der Waals surface area contributed by atoms with Crippen molar-refractivity contribution in [1.29, 1.82) is 0 Å². The Bertz CT molecular complexity index is 555. The molecule has 96 valence electrons. The summed E-state index contributed by atoms with van der Waals surface area (Å²) in [4.78, 5) is 12.0. The van der Waals surface area contributed by atoms with Crippen molar-refractivity contribution in [2.75, 3.05) is 5.32 Å². The second-order valence-electron chi connectivity index (χ2n) is 4.28. The number of nitrogens with zero attached hydrogens (tertiary/aromatic N) is 3. The third-order valence-electron chi connectivity index (χ3n) is 2.63. The van der Waals surface area contributed by atoms with Crippen LogP contribution in [-0.2, 0) is 13.5 Å². The highest BCUT2D eigenvalue weighted by atomic mass is 16.2. The minimum Gasteiger partial charge on any atom is -0.304 e. The Kier molecular flexibility index (Phi) is 3.45. The molecule has 0 bridgehead atoms. The van der Waals surface area contributed by atoms with Crippen molar-refractivity contribution in [3.8, 4) is 0 Å². The SMILES string of the molecule is CCCc1cc(NC(=O)c2cc(C)nn2C)n[nH]1. The number of H-pyrrole nitrogens is 1. The Morgan fingerprint density at radius 2 is 2.28 bits per heavy atom. The number of hydrogen-bond donors (Lipinski definition) is 2. The zero-order chi connectivity index (χ0) is 13.1. The van der Waals surface area contributed by atoms with Gasteiger partial charge in [-0.25, -0.2) is 0 Å². The minimum atomic E-state index is -0.201. The molecule has 2 heterocycles. The molecule has 0 saturated heterocycles. The first-order valence-corrected chi connectivity index (χ1v) is 5.96. The van der Waals surface area contributed by atoms with Gasteiger partial charge < -0.3 is 5.32 Å². The smallest absolute Gasteiger partial charge is 0.275 e. The van der Waals surface area contributed by atoms with Crippen molar-refractivity contribution in [3.63, 3.8) is 0 Å². The van der Waals surface area contributed by atoms with Gasteiger partial charge in [0.25, 0.3) is 5.91 Å². The molecule has 2 aromatic heterocycles. The van der Waals surface area contributed by atoms with Gasteiger partial charge in [0.05, 0.1) is 5.69 Å². The molecule has 1 amide bonds. The molecule has 0 spiro atoms. The quantitative estimate of drug-likeness (QED) is 0.862. The van der Waals surface area contributed by atoms with Gasteiger partial charge in [-0.05, 0) is 19.4 Å². The van der Waals surface area contributed by atoms with E-state index >= 15 is 0 Å². The van der Waals surface area contributed by atoms with Crippen molar-refractivity contribution in [2.24, 2.45) is 7.05 Å². The summed E-state index contributed by atoms with van der Waals surface area (Å²) in [5.41, 5.74) is 2.36. The fraction of sp³-hybridized carbons (Fsp3) is 0.417. The third kappa shape index (κ3) is 2.58. The molecule has 6 heteroatoms. The van der Waals surface area contributed by atoms with Gasteiger partial charge >= 0.3 is 0 Å². The Balaban J connectivity index is 2.08. The second kappa shape index (κ2) is 5.03. The van der Waals surface area contributed by atoms with E-state index in [9.17, 15) is 4.79 Å². The van der Waals surface area contributed by atoms with E-state index in [1.54, 1.807) is 17.8 Å². The average molecular weight is 247 g/mol. The predicted octanol–water partition coefficient (Wildman–Crippen LogP) is 1.66. The van der Waals surface area contributed by atoms with Gasteiger partial charge in [-0.1, -0.05) is 13.3 Å². The van der Waals surface area contributed by atoms with Gasteiger partial charge in [0.1, 0.15) is 5.69 Å². The number of anilines is 1. The molecule has 6 nitrogen and oxygen atoms in total. The summed E-state index contributed by atoms with van der Waals surface area (Å²) in [6.45, 7) is 3.95. The largest absolute Gasteiger partial charge is 0.304 e. The van der Waals surface area contributed by atoms with Gasteiger partial charge in [-0.15, -0.1) is 0 Å². The Morgan fingerprint density at radius 1 is 1.50 bits per heavy atom. The van der Waals surface area contributed by atoms with E-state index in [1.807, 2.05) is 13.0 Å². The first-order valence-electron chi connectivity index (χ1n) is 5.96. The summed E-state index contributed by atoms with van der Waals surface area (Å²) < 4.78 is 1.56. The van der Waals surface area contributed by atoms with E-state index in [2.05, 4.69) is 27.5 Å². The Hall–Kier alpha value is -2.11.